The van der Waals surface area contributed by atoms with Gasteiger partial charge in [0.25, 0.3) is 5.56 Å². The predicted octanol–water partition coefficient (Wildman–Crippen LogP) is 2.09. The van der Waals surface area contributed by atoms with Gasteiger partial charge >= 0.3 is 5.69 Å². The van der Waals surface area contributed by atoms with Gasteiger partial charge in [0.15, 0.2) is 0 Å². The fraction of sp³-hybridized carbons (Fsp3) is 0.471. The lowest BCUT2D eigenvalue weighted by molar-refractivity contribution is -0.131. The summed E-state index contributed by atoms with van der Waals surface area (Å²) in [5.74, 6) is -0.162. The van der Waals surface area contributed by atoms with E-state index in [1.807, 2.05) is 20.8 Å². The van der Waals surface area contributed by atoms with Crippen LogP contribution in [-0.4, -0.2) is 33.0 Å². The van der Waals surface area contributed by atoms with Crippen molar-refractivity contribution in [3.8, 4) is 0 Å². The van der Waals surface area contributed by atoms with Crippen LogP contribution in [0.4, 0.5) is 0 Å². The summed E-state index contributed by atoms with van der Waals surface area (Å²) in [4.78, 5) is 39.4. The van der Waals surface area contributed by atoms with Crippen molar-refractivity contribution in [3.63, 3.8) is 0 Å². The van der Waals surface area contributed by atoms with Crippen LogP contribution in [0.1, 0.15) is 27.2 Å². The first kappa shape index (κ1) is 18.3. The van der Waals surface area contributed by atoms with E-state index >= 15 is 0 Å². The molecule has 130 valence electrons. The second kappa shape index (κ2) is 7.66. The van der Waals surface area contributed by atoms with E-state index in [-0.39, 0.29) is 18.0 Å². The van der Waals surface area contributed by atoms with Crippen LogP contribution in [0.2, 0.25) is 5.02 Å². The molecule has 2 rings (SSSR count). The molecule has 0 saturated heterocycles. The smallest absolute Gasteiger partial charge is 0.331 e. The third-order valence-corrected chi connectivity index (χ3v) is 4.28. The van der Waals surface area contributed by atoms with E-state index in [4.69, 9.17) is 11.6 Å². The van der Waals surface area contributed by atoms with E-state index in [0.717, 1.165) is 0 Å². The van der Waals surface area contributed by atoms with Gasteiger partial charge in [0.1, 0.15) is 6.54 Å². The quantitative estimate of drug-likeness (QED) is 0.800. The number of fused-ring (bicyclic) bond motifs is 1. The monoisotopic (exact) mass is 351 g/mol. The molecular formula is C17H22ClN3O3. The first-order valence-corrected chi connectivity index (χ1v) is 8.53. The molecule has 0 radical (unpaired) electrons. The highest BCUT2D eigenvalue weighted by Crippen LogP contribution is 2.16. The molecule has 6 nitrogen and oxygen atoms in total. The second-order valence-electron chi connectivity index (χ2n) is 5.55. The Hall–Kier alpha value is -2.08. The van der Waals surface area contributed by atoms with Crippen LogP contribution in [0.3, 0.4) is 0 Å². The Morgan fingerprint density at radius 3 is 2.38 bits per heavy atom. The molecule has 1 aromatic heterocycles. The van der Waals surface area contributed by atoms with Gasteiger partial charge in [-0.15, -0.1) is 0 Å². The first-order valence-electron chi connectivity index (χ1n) is 8.15. The maximum Gasteiger partial charge on any atom is 0.331 e. The standard InChI is InChI=1S/C17H22ClN3O3/c1-4-9-20-16(23)13-8-7-12(18)10-14(13)21(17(20)24)11-15(22)19(5-2)6-3/h7-8,10H,4-6,9,11H2,1-3H3. The maximum absolute atomic E-state index is 12.8. The molecule has 0 aliphatic carbocycles. The molecule has 0 aliphatic rings. The van der Waals surface area contributed by atoms with E-state index in [2.05, 4.69) is 0 Å². The number of benzene rings is 1. The first-order chi connectivity index (χ1) is 11.4. The van der Waals surface area contributed by atoms with E-state index in [9.17, 15) is 14.4 Å². The summed E-state index contributed by atoms with van der Waals surface area (Å²) in [5.41, 5.74) is -0.428. The molecule has 0 aliphatic heterocycles. The minimum atomic E-state index is -0.475. The minimum Gasteiger partial charge on any atom is -0.342 e. The number of halogens is 1. The number of hydrogen-bond acceptors (Lipinski definition) is 3. The normalized spacial score (nSPS) is 11.0. The van der Waals surface area contributed by atoms with Crippen LogP contribution in [-0.2, 0) is 17.9 Å². The van der Waals surface area contributed by atoms with Gasteiger partial charge in [-0.05, 0) is 38.5 Å². The zero-order valence-electron chi connectivity index (χ0n) is 14.2. The Kier molecular flexibility index (Phi) is 5.83. The molecule has 0 unspecified atom stereocenters. The number of likely N-dealkylation sites (N-methyl/N-ethyl adjacent to an activating group) is 1. The molecule has 0 saturated carbocycles. The number of nitrogens with zero attached hydrogens (tertiary/aromatic N) is 3. The SMILES string of the molecule is CCCn1c(=O)c2ccc(Cl)cc2n(CC(=O)N(CC)CC)c1=O. The van der Waals surface area contributed by atoms with Crippen LogP contribution in [0.15, 0.2) is 27.8 Å². The average molecular weight is 352 g/mol. The Balaban J connectivity index is 2.70. The largest absolute Gasteiger partial charge is 0.342 e. The highest BCUT2D eigenvalue weighted by atomic mass is 35.5. The molecule has 24 heavy (non-hydrogen) atoms. The molecular weight excluding hydrogens is 330 g/mol. The van der Waals surface area contributed by atoms with E-state index < -0.39 is 5.69 Å². The van der Waals surface area contributed by atoms with Crippen molar-refractivity contribution in [2.75, 3.05) is 13.1 Å². The van der Waals surface area contributed by atoms with Crippen LogP contribution in [0.5, 0.6) is 0 Å². The van der Waals surface area contributed by atoms with Gasteiger partial charge < -0.3 is 4.90 Å². The second-order valence-corrected chi connectivity index (χ2v) is 5.99. The van der Waals surface area contributed by atoms with E-state index in [1.165, 1.54) is 9.13 Å². The molecule has 0 spiro atoms. The number of amides is 1. The predicted molar refractivity (Wildman–Crippen MR) is 95.7 cm³/mol. The molecule has 2 aromatic rings. The van der Waals surface area contributed by atoms with Crippen molar-refractivity contribution in [2.45, 2.75) is 40.3 Å². The molecule has 1 aromatic carbocycles. The molecule has 1 amide bonds. The lowest BCUT2D eigenvalue weighted by Gasteiger charge is -2.20. The summed E-state index contributed by atoms with van der Waals surface area (Å²) >= 11 is 6.03. The van der Waals surface area contributed by atoms with Crippen LogP contribution in [0, 0.1) is 0 Å². The van der Waals surface area contributed by atoms with Gasteiger partial charge in [0.2, 0.25) is 5.91 Å². The third kappa shape index (κ3) is 3.38. The molecule has 0 bridgehead atoms. The van der Waals surface area contributed by atoms with Crippen LogP contribution in [0.25, 0.3) is 10.9 Å². The summed E-state index contributed by atoms with van der Waals surface area (Å²) in [6.07, 6.45) is 0.651. The van der Waals surface area contributed by atoms with Crippen molar-refractivity contribution in [2.24, 2.45) is 0 Å². The summed E-state index contributed by atoms with van der Waals surface area (Å²) in [6.45, 7) is 7.00. The summed E-state index contributed by atoms with van der Waals surface area (Å²) < 4.78 is 2.53. The average Bonchev–Trinajstić information content (AvgIpc) is 2.56. The Morgan fingerprint density at radius 2 is 1.79 bits per heavy atom. The highest BCUT2D eigenvalue weighted by Gasteiger charge is 2.17. The number of hydrogen-bond donors (Lipinski definition) is 0. The third-order valence-electron chi connectivity index (χ3n) is 4.04. The van der Waals surface area contributed by atoms with Gasteiger partial charge in [0, 0.05) is 24.7 Å². The summed E-state index contributed by atoms with van der Waals surface area (Å²) in [5, 5.41) is 0.804. The van der Waals surface area contributed by atoms with Crippen molar-refractivity contribution >= 4 is 28.4 Å². The Labute approximate surface area is 145 Å². The van der Waals surface area contributed by atoms with Gasteiger partial charge in [-0.3, -0.25) is 18.7 Å². The lowest BCUT2D eigenvalue weighted by Crippen LogP contribution is -2.43. The lowest BCUT2D eigenvalue weighted by atomic mass is 10.2. The van der Waals surface area contributed by atoms with Crippen molar-refractivity contribution < 1.29 is 4.79 Å². The highest BCUT2D eigenvalue weighted by molar-refractivity contribution is 6.31. The van der Waals surface area contributed by atoms with Gasteiger partial charge in [-0.25, -0.2) is 4.79 Å². The molecule has 0 N–H and O–H groups in total. The molecule has 0 fully saturated rings. The number of carbonyl (C=O) groups excluding carboxylic acids is 1. The van der Waals surface area contributed by atoms with Crippen molar-refractivity contribution in [1.82, 2.24) is 14.0 Å². The van der Waals surface area contributed by atoms with Gasteiger partial charge in [-0.2, -0.15) is 0 Å². The molecule has 0 atom stereocenters. The fourth-order valence-corrected chi connectivity index (χ4v) is 2.94. The van der Waals surface area contributed by atoms with Gasteiger partial charge in [0.05, 0.1) is 10.9 Å². The Morgan fingerprint density at radius 1 is 1.12 bits per heavy atom. The van der Waals surface area contributed by atoms with Crippen LogP contribution >= 0.6 is 11.6 Å². The van der Waals surface area contributed by atoms with Crippen molar-refractivity contribution in [3.05, 3.63) is 44.1 Å². The number of aromatic nitrogens is 2. The summed E-state index contributed by atoms with van der Waals surface area (Å²) in [6, 6.07) is 4.78. The zero-order chi connectivity index (χ0) is 17.9. The van der Waals surface area contributed by atoms with E-state index in [1.54, 1.807) is 23.1 Å². The van der Waals surface area contributed by atoms with Crippen molar-refractivity contribution in [1.29, 1.82) is 0 Å². The summed E-state index contributed by atoms with van der Waals surface area (Å²) in [7, 11) is 0. The maximum atomic E-state index is 12.8. The van der Waals surface area contributed by atoms with Crippen LogP contribution < -0.4 is 11.2 Å². The molecule has 1 heterocycles. The number of rotatable bonds is 6. The topological polar surface area (TPSA) is 64.3 Å². The van der Waals surface area contributed by atoms with Gasteiger partial charge in [-0.1, -0.05) is 18.5 Å². The number of carbonyl (C=O) groups is 1. The molecule has 7 heteroatoms. The Bertz CT molecular complexity index is 866. The minimum absolute atomic E-state index is 0.110. The van der Waals surface area contributed by atoms with E-state index in [0.29, 0.717) is 42.0 Å². The zero-order valence-corrected chi connectivity index (χ0v) is 15.0. The fourth-order valence-electron chi connectivity index (χ4n) is 2.78.